The summed E-state index contributed by atoms with van der Waals surface area (Å²) in [6.07, 6.45) is 1.47. The first kappa shape index (κ1) is 8.98. The Balaban J connectivity index is 2.20. The Labute approximate surface area is 81.0 Å². The Morgan fingerprint density at radius 1 is 1.71 bits per heavy atom. The maximum absolute atomic E-state index is 11.5. The summed E-state index contributed by atoms with van der Waals surface area (Å²) in [4.78, 5) is 12.5. The number of nitrogens with zero attached hydrogens (tertiary/aromatic N) is 3. The van der Waals surface area contributed by atoms with Gasteiger partial charge in [-0.05, 0) is 19.8 Å². The van der Waals surface area contributed by atoms with Gasteiger partial charge in [0.05, 0.1) is 12.3 Å². The van der Waals surface area contributed by atoms with Crippen LogP contribution in [0.3, 0.4) is 0 Å². The van der Waals surface area contributed by atoms with Crippen LogP contribution in [0.15, 0.2) is 0 Å². The molecule has 1 atom stereocenters. The number of nitrogen functional groups attached to an aromatic ring is 1. The molecule has 0 spiro atoms. The van der Waals surface area contributed by atoms with Gasteiger partial charge in [-0.3, -0.25) is 4.79 Å². The molecule has 0 unspecified atom stereocenters. The second kappa shape index (κ2) is 3.28. The van der Waals surface area contributed by atoms with Crippen LogP contribution >= 0.6 is 0 Å². The molecule has 0 aromatic carbocycles. The van der Waals surface area contributed by atoms with Gasteiger partial charge in [0.2, 0.25) is 0 Å². The molecular formula is C8H12N4O2. The smallest absolute Gasteiger partial charge is 0.315 e. The maximum Gasteiger partial charge on any atom is 0.315 e. The number of aryl methyl sites for hydroxylation is 1. The van der Waals surface area contributed by atoms with E-state index < -0.39 is 0 Å². The van der Waals surface area contributed by atoms with Gasteiger partial charge in [0.15, 0.2) is 0 Å². The molecule has 0 bridgehead atoms. The van der Waals surface area contributed by atoms with Gasteiger partial charge in [-0.25, -0.2) is 0 Å². The lowest BCUT2D eigenvalue weighted by Crippen LogP contribution is -2.17. The van der Waals surface area contributed by atoms with Crippen LogP contribution in [0, 0.1) is 0 Å². The highest BCUT2D eigenvalue weighted by Gasteiger charge is 2.34. The fraction of sp³-hybridized carbons (Fsp3) is 0.625. The van der Waals surface area contributed by atoms with Crippen LogP contribution in [0.4, 0.5) is 0 Å². The molecule has 2 N–H and O–H groups in total. The number of hydrogen-bond donors (Lipinski definition) is 1. The number of nitrogens with two attached hydrogens (primary N) is 1. The van der Waals surface area contributed by atoms with E-state index in [-0.39, 0.29) is 11.9 Å². The first-order valence-corrected chi connectivity index (χ1v) is 4.60. The van der Waals surface area contributed by atoms with Crippen molar-refractivity contribution in [2.24, 2.45) is 0 Å². The molecule has 1 aromatic heterocycles. The van der Waals surface area contributed by atoms with Crippen molar-refractivity contribution in [1.82, 2.24) is 15.1 Å². The lowest BCUT2D eigenvalue weighted by molar-refractivity contribution is -0.145. The van der Waals surface area contributed by atoms with Gasteiger partial charge < -0.3 is 10.6 Å². The molecule has 0 amide bonds. The third-order valence-electron chi connectivity index (χ3n) is 2.30. The van der Waals surface area contributed by atoms with Crippen molar-refractivity contribution < 1.29 is 9.53 Å². The highest BCUT2D eigenvalue weighted by molar-refractivity contribution is 5.78. The number of hydrogen-bond acceptors (Lipinski definition) is 5. The van der Waals surface area contributed by atoms with E-state index >= 15 is 0 Å². The summed E-state index contributed by atoms with van der Waals surface area (Å²) in [6.45, 7) is 2.18. The lowest BCUT2D eigenvalue weighted by atomic mass is 10.1. The van der Waals surface area contributed by atoms with Gasteiger partial charge in [-0.2, -0.15) is 0 Å². The quantitative estimate of drug-likeness (QED) is 0.513. The molecule has 1 aliphatic carbocycles. The summed E-state index contributed by atoms with van der Waals surface area (Å²) in [6, 6.07) is 0. The first-order chi connectivity index (χ1) is 6.72. The lowest BCUT2D eigenvalue weighted by Gasteiger charge is -2.06. The first-order valence-electron chi connectivity index (χ1n) is 4.60. The molecule has 0 saturated carbocycles. The molecule has 0 radical (unpaired) electrons. The van der Waals surface area contributed by atoms with Crippen molar-refractivity contribution in [2.45, 2.75) is 25.7 Å². The molecule has 1 heterocycles. The van der Waals surface area contributed by atoms with E-state index in [1.807, 2.05) is 0 Å². The molecule has 1 aliphatic rings. The van der Waals surface area contributed by atoms with Crippen LogP contribution in [0.2, 0.25) is 0 Å². The molecule has 0 aliphatic heterocycles. The summed E-state index contributed by atoms with van der Waals surface area (Å²) in [7, 11) is 0. The van der Waals surface area contributed by atoms with Crippen molar-refractivity contribution in [2.75, 3.05) is 12.4 Å². The van der Waals surface area contributed by atoms with Gasteiger partial charge in [0, 0.05) is 0 Å². The fourth-order valence-corrected chi connectivity index (χ4v) is 1.70. The molecule has 0 fully saturated rings. The number of carbonyl (C=O) groups excluding carboxylic acids is 1. The highest BCUT2D eigenvalue weighted by atomic mass is 16.5. The van der Waals surface area contributed by atoms with Crippen LogP contribution in [-0.4, -0.2) is 27.7 Å². The van der Waals surface area contributed by atoms with Crippen molar-refractivity contribution in [1.29, 1.82) is 0 Å². The standard InChI is InChI=1S/C8H12N4O2/c1-2-14-8(13)5-3-4-6-7(5)11-12(9)10-6/h5H,2-4,9H2,1H3/t5-/m0/s1. The van der Waals surface area contributed by atoms with Crippen LogP contribution < -0.4 is 5.84 Å². The summed E-state index contributed by atoms with van der Waals surface area (Å²) < 4.78 is 4.94. The zero-order valence-electron chi connectivity index (χ0n) is 7.93. The average molecular weight is 196 g/mol. The van der Waals surface area contributed by atoms with Crippen molar-refractivity contribution in [3.05, 3.63) is 11.4 Å². The van der Waals surface area contributed by atoms with E-state index in [0.717, 1.165) is 23.4 Å². The molecule has 2 rings (SSSR count). The van der Waals surface area contributed by atoms with E-state index in [2.05, 4.69) is 10.2 Å². The van der Waals surface area contributed by atoms with E-state index in [0.29, 0.717) is 12.3 Å². The van der Waals surface area contributed by atoms with Crippen molar-refractivity contribution in [3.8, 4) is 0 Å². The van der Waals surface area contributed by atoms with Gasteiger partial charge >= 0.3 is 5.97 Å². The zero-order valence-corrected chi connectivity index (χ0v) is 7.93. The predicted molar refractivity (Wildman–Crippen MR) is 47.9 cm³/mol. The topological polar surface area (TPSA) is 83.0 Å². The Morgan fingerprint density at radius 3 is 3.21 bits per heavy atom. The number of ether oxygens (including phenoxy) is 1. The number of esters is 1. The second-order valence-corrected chi connectivity index (χ2v) is 3.20. The van der Waals surface area contributed by atoms with Crippen molar-refractivity contribution >= 4 is 5.97 Å². The summed E-state index contributed by atoms with van der Waals surface area (Å²) in [5.41, 5.74) is 1.48. The van der Waals surface area contributed by atoms with Gasteiger partial charge in [-0.1, -0.05) is 4.91 Å². The molecule has 14 heavy (non-hydrogen) atoms. The molecule has 0 saturated heterocycles. The van der Waals surface area contributed by atoms with Gasteiger partial charge in [0.1, 0.15) is 11.6 Å². The zero-order chi connectivity index (χ0) is 10.1. The van der Waals surface area contributed by atoms with E-state index in [9.17, 15) is 4.79 Å². The number of aromatic nitrogens is 3. The van der Waals surface area contributed by atoms with Crippen molar-refractivity contribution in [3.63, 3.8) is 0 Å². The summed E-state index contributed by atoms with van der Waals surface area (Å²) >= 11 is 0. The van der Waals surface area contributed by atoms with Crippen LogP contribution in [0.25, 0.3) is 0 Å². The van der Waals surface area contributed by atoms with E-state index in [1.54, 1.807) is 6.92 Å². The van der Waals surface area contributed by atoms with Gasteiger partial charge in [-0.15, -0.1) is 10.2 Å². The molecule has 76 valence electrons. The number of fused-ring (bicyclic) bond motifs is 1. The Hall–Kier alpha value is -1.59. The second-order valence-electron chi connectivity index (χ2n) is 3.20. The third-order valence-corrected chi connectivity index (χ3v) is 2.30. The van der Waals surface area contributed by atoms with Crippen LogP contribution in [0.1, 0.15) is 30.7 Å². The minimum absolute atomic E-state index is 0.230. The Bertz CT molecular complexity index is 360. The molecule has 1 aromatic rings. The number of carbonyl (C=O) groups is 1. The number of rotatable bonds is 2. The largest absolute Gasteiger partial charge is 0.465 e. The molecule has 6 heteroatoms. The van der Waals surface area contributed by atoms with Crippen LogP contribution in [0.5, 0.6) is 0 Å². The molecular weight excluding hydrogens is 184 g/mol. The highest BCUT2D eigenvalue weighted by Crippen LogP contribution is 2.30. The normalized spacial score (nSPS) is 19.4. The molecule has 6 nitrogen and oxygen atoms in total. The third kappa shape index (κ3) is 1.32. The summed E-state index contributed by atoms with van der Waals surface area (Å²) in [5, 5.41) is 7.92. The Kier molecular flexibility index (Phi) is 2.11. The van der Waals surface area contributed by atoms with E-state index in [4.69, 9.17) is 10.6 Å². The minimum Gasteiger partial charge on any atom is -0.465 e. The minimum atomic E-state index is -0.276. The Morgan fingerprint density at radius 2 is 2.50 bits per heavy atom. The monoisotopic (exact) mass is 196 g/mol. The van der Waals surface area contributed by atoms with Crippen LogP contribution in [-0.2, 0) is 16.0 Å². The van der Waals surface area contributed by atoms with Gasteiger partial charge in [0.25, 0.3) is 0 Å². The average Bonchev–Trinajstić information content (AvgIpc) is 2.62. The maximum atomic E-state index is 11.5. The SMILES string of the molecule is CCOC(=O)[C@H]1CCc2nn(N)nc21. The predicted octanol–water partition coefficient (Wildman–Crippen LogP) is -0.415. The van der Waals surface area contributed by atoms with E-state index in [1.165, 1.54) is 0 Å². The fourth-order valence-electron chi connectivity index (χ4n) is 1.70. The summed E-state index contributed by atoms with van der Waals surface area (Å²) in [5.74, 6) is 4.86.